The molecule has 0 saturated carbocycles. The number of nitrogens with zero attached hydrogens (tertiary/aromatic N) is 2. The standard InChI is InChI=1S/C17H20N2O2S/c1-12-2-4-14(5-3-12)17-18-15(11-22-17)8-16(21)19-7-6-13(9-19)10-20/h2-5,11,13,20H,6-10H2,1H3. The predicted molar refractivity (Wildman–Crippen MR) is 87.8 cm³/mol. The smallest absolute Gasteiger partial charge is 0.228 e. The molecule has 2 aromatic rings. The third kappa shape index (κ3) is 3.36. The minimum absolute atomic E-state index is 0.108. The van der Waals surface area contributed by atoms with Crippen molar-refractivity contribution in [2.75, 3.05) is 19.7 Å². The number of aromatic nitrogens is 1. The Bertz CT molecular complexity index is 651. The van der Waals surface area contributed by atoms with Gasteiger partial charge in [-0.3, -0.25) is 4.79 Å². The molecule has 1 unspecified atom stereocenters. The number of carbonyl (C=O) groups is 1. The summed E-state index contributed by atoms with van der Waals surface area (Å²) >= 11 is 1.58. The zero-order valence-electron chi connectivity index (χ0n) is 12.7. The van der Waals surface area contributed by atoms with E-state index in [0.717, 1.165) is 29.2 Å². The summed E-state index contributed by atoms with van der Waals surface area (Å²) in [5.41, 5.74) is 3.15. The van der Waals surface area contributed by atoms with Crippen LogP contribution < -0.4 is 0 Å². The summed E-state index contributed by atoms with van der Waals surface area (Å²) in [6.07, 6.45) is 1.24. The average molecular weight is 316 g/mol. The highest BCUT2D eigenvalue weighted by Crippen LogP contribution is 2.25. The molecule has 0 bridgehead atoms. The van der Waals surface area contributed by atoms with E-state index in [1.165, 1.54) is 5.56 Å². The number of amides is 1. The summed E-state index contributed by atoms with van der Waals surface area (Å²) in [4.78, 5) is 18.7. The number of thiazole rings is 1. The molecule has 1 amide bonds. The lowest BCUT2D eigenvalue weighted by atomic mass is 10.1. The second-order valence-corrected chi connectivity index (χ2v) is 6.72. The van der Waals surface area contributed by atoms with Gasteiger partial charge in [0.25, 0.3) is 0 Å². The van der Waals surface area contributed by atoms with Crippen molar-refractivity contribution in [2.24, 2.45) is 5.92 Å². The topological polar surface area (TPSA) is 53.4 Å². The molecule has 2 heterocycles. The number of hydrogen-bond acceptors (Lipinski definition) is 4. The molecule has 0 radical (unpaired) electrons. The van der Waals surface area contributed by atoms with Crippen molar-refractivity contribution in [3.63, 3.8) is 0 Å². The number of aryl methyl sites for hydroxylation is 1. The van der Waals surface area contributed by atoms with E-state index in [9.17, 15) is 4.79 Å². The Morgan fingerprint density at radius 3 is 2.86 bits per heavy atom. The summed E-state index contributed by atoms with van der Waals surface area (Å²) in [6.45, 7) is 3.65. The normalized spacial score (nSPS) is 17.9. The number of hydrogen-bond donors (Lipinski definition) is 1. The Morgan fingerprint density at radius 1 is 1.41 bits per heavy atom. The number of carbonyl (C=O) groups excluding carboxylic acids is 1. The zero-order valence-corrected chi connectivity index (χ0v) is 13.5. The van der Waals surface area contributed by atoms with Gasteiger partial charge < -0.3 is 10.0 Å². The van der Waals surface area contributed by atoms with Gasteiger partial charge in [0.15, 0.2) is 0 Å². The molecule has 4 nitrogen and oxygen atoms in total. The van der Waals surface area contributed by atoms with Gasteiger partial charge in [-0.05, 0) is 13.3 Å². The van der Waals surface area contributed by atoms with Crippen molar-refractivity contribution in [3.8, 4) is 10.6 Å². The van der Waals surface area contributed by atoms with Crippen LogP contribution in [0.4, 0.5) is 0 Å². The molecule has 1 aliphatic heterocycles. The van der Waals surface area contributed by atoms with E-state index in [-0.39, 0.29) is 18.4 Å². The van der Waals surface area contributed by atoms with Crippen LogP contribution in [0.15, 0.2) is 29.6 Å². The van der Waals surface area contributed by atoms with E-state index in [4.69, 9.17) is 5.11 Å². The first-order chi connectivity index (χ1) is 10.7. The molecule has 5 heteroatoms. The van der Waals surface area contributed by atoms with Crippen molar-refractivity contribution in [1.82, 2.24) is 9.88 Å². The van der Waals surface area contributed by atoms with Crippen LogP contribution in [0.2, 0.25) is 0 Å². The average Bonchev–Trinajstić information content (AvgIpc) is 3.17. The van der Waals surface area contributed by atoms with E-state index in [1.54, 1.807) is 11.3 Å². The summed E-state index contributed by atoms with van der Waals surface area (Å²) in [5.74, 6) is 0.346. The van der Waals surface area contributed by atoms with Crippen LogP contribution in [0.25, 0.3) is 10.6 Å². The molecule has 1 saturated heterocycles. The number of aliphatic hydroxyl groups excluding tert-OH is 1. The second kappa shape index (κ2) is 6.58. The van der Waals surface area contributed by atoms with Crippen molar-refractivity contribution < 1.29 is 9.90 Å². The number of rotatable bonds is 4. The van der Waals surface area contributed by atoms with Crippen molar-refractivity contribution in [3.05, 3.63) is 40.9 Å². The third-order valence-electron chi connectivity index (χ3n) is 4.08. The maximum absolute atomic E-state index is 12.3. The molecule has 1 aliphatic rings. The summed E-state index contributed by atoms with van der Waals surface area (Å²) in [6, 6.07) is 8.26. The van der Waals surface area contributed by atoms with Gasteiger partial charge >= 0.3 is 0 Å². The summed E-state index contributed by atoms with van der Waals surface area (Å²) in [5, 5.41) is 12.1. The fourth-order valence-corrected chi connectivity index (χ4v) is 3.52. The van der Waals surface area contributed by atoms with Gasteiger partial charge in [0.2, 0.25) is 5.91 Å². The van der Waals surface area contributed by atoms with Crippen LogP contribution >= 0.6 is 11.3 Å². The Labute approximate surface area is 134 Å². The fraction of sp³-hybridized carbons (Fsp3) is 0.412. The molecule has 0 spiro atoms. The highest BCUT2D eigenvalue weighted by atomic mass is 32.1. The molecule has 0 aliphatic carbocycles. The first-order valence-corrected chi connectivity index (χ1v) is 8.44. The van der Waals surface area contributed by atoms with E-state index in [0.29, 0.717) is 13.0 Å². The molecule has 1 aromatic carbocycles. The minimum Gasteiger partial charge on any atom is -0.396 e. The zero-order chi connectivity index (χ0) is 15.5. The quantitative estimate of drug-likeness (QED) is 0.943. The highest BCUT2D eigenvalue weighted by molar-refractivity contribution is 7.13. The monoisotopic (exact) mass is 316 g/mol. The maximum atomic E-state index is 12.3. The van der Waals surface area contributed by atoms with Gasteiger partial charge in [0, 0.05) is 36.6 Å². The molecule has 1 N–H and O–H groups in total. The molecule has 116 valence electrons. The Hall–Kier alpha value is -1.72. The lowest BCUT2D eigenvalue weighted by molar-refractivity contribution is -0.129. The van der Waals surface area contributed by atoms with Crippen LogP contribution in [0.3, 0.4) is 0 Å². The Morgan fingerprint density at radius 2 is 2.18 bits per heavy atom. The van der Waals surface area contributed by atoms with E-state index in [2.05, 4.69) is 36.2 Å². The van der Waals surface area contributed by atoms with Crippen LogP contribution in [0, 0.1) is 12.8 Å². The van der Waals surface area contributed by atoms with Crippen LogP contribution in [-0.2, 0) is 11.2 Å². The summed E-state index contributed by atoms with van der Waals surface area (Å²) < 4.78 is 0. The lowest BCUT2D eigenvalue weighted by Gasteiger charge is -2.15. The Balaban J connectivity index is 1.64. The first-order valence-electron chi connectivity index (χ1n) is 7.56. The van der Waals surface area contributed by atoms with Crippen LogP contribution in [0.1, 0.15) is 17.7 Å². The van der Waals surface area contributed by atoms with Crippen molar-refractivity contribution in [2.45, 2.75) is 19.8 Å². The van der Waals surface area contributed by atoms with Gasteiger partial charge in [-0.1, -0.05) is 29.8 Å². The second-order valence-electron chi connectivity index (χ2n) is 5.86. The molecule has 22 heavy (non-hydrogen) atoms. The molecule has 3 rings (SSSR count). The van der Waals surface area contributed by atoms with E-state index < -0.39 is 0 Å². The van der Waals surface area contributed by atoms with Crippen LogP contribution in [-0.4, -0.2) is 40.6 Å². The third-order valence-corrected chi connectivity index (χ3v) is 5.02. The Kier molecular flexibility index (Phi) is 4.55. The number of aliphatic hydroxyl groups is 1. The molecule has 1 aromatic heterocycles. The molecule has 1 atom stereocenters. The number of benzene rings is 1. The van der Waals surface area contributed by atoms with Gasteiger partial charge in [-0.15, -0.1) is 11.3 Å². The fourth-order valence-electron chi connectivity index (χ4n) is 2.69. The SMILES string of the molecule is Cc1ccc(-c2nc(CC(=O)N3CCC(CO)C3)cs2)cc1. The summed E-state index contributed by atoms with van der Waals surface area (Å²) in [7, 11) is 0. The van der Waals surface area contributed by atoms with Crippen LogP contribution in [0.5, 0.6) is 0 Å². The van der Waals surface area contributed by atoms with Gasteiger partial charge in [-0.2, -0.15) is 0 Å². The maximum Gasteiger partial charge on any atom is 0.228 e. The van der Waals surface area contributed by atoms with Gasteiger partial charge in [0.05, 0.1) is 12.1 Å². The van der Waals surface area contributed by atoms with E-state index in [1.807, 2.05) is 10.3 Å². The lowest BCUT2D eigenvalue weighted by Crippen LogP contribution is -2.30. The van der Waals surface area contributed by atoms with Gasteiger partial charge in [-0.25, -0.2) is 4.98 Å². The molecular weight excluding hydrogens is 296 g/mol. The van der Waals surface area contributed by atoms with Gasteiger partial charge in [0.1, 0.15) is 5.01 Å². The first kappa shape index (κ1) is 15.2. The molecular formula is C17H20N2O2S. The minimum atomic E-state index is 0.108. The predicted octanol–water partition coefficient (Wildman–Crippen LogP) is 2.50. The van der Waals surface area contributed by atoms with Crippen molar-refractivity contribution >= 4 is 17.2 Å². The van der Waals surface area contributed by atoms with E-state index >= 15 is 0 Å². The molecule has 1 fully saturated rings. The largest absolute Gasteiger partial charge is 0.396 e. The number of likely N-dealkylation sites (tertiary alicyclic amines) is 1. The van der Waals surface area contributed by atoms with Crippen molar-refractivity contribution in [1.29, 1.82) is 0 Å². The highest BCUT2D eigenvalue weighted by Gasteiger charge is 2.25.